The van der Waals surface area contributed by atoms with E-state index in [-0.39, 0.29) is 17.6 Å². The molecule has 2 atom stereocenters. The van der Waals surface area contributed by atoms with Gasteiger partial charge in [0.25, 0.3) is 5.91 Å². The van der Waals surface area contributed by atoms with Crippen molar-refractivity contribution >= 4 is 17.8 Å². The summed E-state index contributed by atoms with van der Waals surface area (Å²) in [6, 6.07) is 3.11. The Morgan fingerprint density at radius 1 is 1.35 bits per heavy atom. The fraction of sp³-hybridized carbons (Fsp3) is 0.462. The van der Waals surface area contributed by atoms with Crippen LogP contribution in [0.3, 0.4) is 0 Å². The maximum atomic E-state index is 12.2. The zero-order valence-corrected chi connectivity index (χ0v) is 11.2. The summed E-state index contributed by atoms with van der Waals surface area (Å²) in [5, 5.41) is 0. The monoisotopic (exact) mass is 279 g/mol. The van der Waals surface area contributed by atoms with Gasteiger partial charge in [0.2, 0.25) is 5.91 Å². The number of carbonyl (C=O) groups is 3. The van der Waals surface area contributed by atoms with Gasteiger partial charge in [-0.15, -0.1) is 0 Å². The van der Waals surface area contributed by atoms with E-state index >= 15 is 0 Å². The maximum Gasteiger partial charge on any atom is 0.309 e. The van der Waals surface area contributed by atoms with Crippen molar-refractivity contribution < 1.29 is 19.1 Å². The van der Waals surface area contributed by atoms with E-state index in [0.717, 1.165) is 6.42 Å². The number of carbonyl (C=O) groups excluding carboxylic acids is 3. The van der Waals surface area contributed by atoms with Gasteiger partial charge >= 0.3 is 5.97 Å². The van der Waals surface area contributed by atoms with Crippen LogP contribution in [0.15, 0.2) is 18.3 Å². The van der Waals surface area contributed by atoms with Gasteiger partial charge in [0.15, 0.2) is 0 Å². The van der Waals surface area contributed by atoms with Gasteiger partial charge in [-0.1, -0.05) is 6.42 Å². The first-order valence-electron chi connectivity index (χ1n) is 6.40. The zero-order valence-electron chi connectivity index (χ0n) is 11.2. The third-order valence-corrected chi connectivity index (χ3v) is 3.59. The fourth-order valence-corrected chi connectivity index (χ4v) is 2.59. The van der Waals surface area contributed by atoms with Crippen LogP contribution in [-0.4, -0.2) is 29.6 Å². The molecular formula is C13H17N3O4. The van der Waals surface area contributed by atoms with E-state index in [2.05, 4.69) is 5.43 Å². The van der Waals surface area contributed by atoms with Crippen molar-refractivity contribution in [3.63, 3.8) is 0 Å². The second-order valence-corrected chi connectivity index (χ2v) is 4.77. The van der Waals surface area contributed by atoms with Crippen LogP contribution >= 0.6 is 0 Å². The Hall–Kier alpha value is -2.31. The number of ether oxygens (including phenoxy) is 1. The molecule has 3 N–H and O–H groups in total. The number of aromatic nitrogens is 1. The summed E-state index contributed by atoms with van der Waals surface area (Å²) in [6.07, 6.45) is 3.59. The van der Waals surface area contributed by atoms with Gasteiger partial charge in [-0.3, -0.25) is 24.5 Å². The molecule has 0 saturated heterocycles. The van der Waals surface area contributed by atoms with Crippen molar-refractivity contribution in [3.8, 4) is 0 Å². The quantitative estimate of drug-likeness (QED) is 0.771. The molecule has 1 heterocycles. The Bertz CT molecular complexity index is 537. The van der Waals surface area contributed by atoms with Crippen molar-refractivity contribution in [2.45, 2.75) is 19.3 Å². The average Bonchev–Trinajstić information content (AvgIpc) is 3.05. The zero-order chi connectivity index (χ0) is 14.7. The van der Waals surface area contributed by atoms with Gasteiger partial charge < -0.3 is 10.5 Å². The highest BCUT2D eigenvalue weighted by atomic mass is 16.5. The molecule has 0 bridgehead atoms. The van der Waals surface area contributed by atoms with Crippen LogP contribution in [0.4, 0.5) is 0 Å². The molecule has 1 saturated carbocycles. The lowest BCUT2D eigenvalue weighted by Crippen LogP contribution is -2.36. The summed E-state index contributed by atoms with van der Waals surface area (Å²) < 4.78 is 5.99. The molecule has 2 rings (SSSR count). The normalized spacial score (nSPS) is 21.4. The number of methoxy groups -OCH3 is 1. The van der Waals surface area contributed by atoms with E-state index in [4.69, 9.17) is 10.5 Å². The van der Waals surface area contributed by atoms with Crippen molar-refractivity contribution in [2.24, 2.45) is 17.6 Å². The number of esters is 1. The Morgan fingerprint density at radius 2 is 2.05 bits per heavy atom. The molecule has 0 aliphatic heterocycles. The summed E-state index contributed by atoms with van der Waals surface area (Å²) in [5.41, 5.74) is 7.98. The van der Waals surface area contributed by atoms with Crippen LogP contribution < -0.4 is 11.2 Å². The van der Waals surface area contributed by atoms with Crippen molar-refractivity contribution in [1.82, 2.24) is 4.68 Å². The van der Waals surface area contributed by atoms with Gasteiger partial charge in [-0.25, -0.2) is 0 Å². The van der Waals surface area contributed by atoms with E-state index in [1.54, 1.807) is 6.07 Å². The number of primary amides is 1. The van der Waals surface area contributed by atoms with Gasteiger partial charge in [-0.05, 0) is 25.0 Å². The molecule has 20 heavy (non-hydrogen) atoms. The molecule has 2 unspecified atom stereocenters. The molecular weight excluding hydrogens is 262 g/mol. The Labute approximate surface area is 116 Å². The summed E-state index contributed by atoms with van der Waals surface area (Å²) in [6.45, 7) is 0. The standard InChI is InChI=1S/C13H17N3O4/c1-20-13(19)9-5-2-4-8(9)12(18)15-16-7-3-6-10(16)11(14)17/h3,6-9H,2,4-5H2,1H3,(H2,14,17)(H,15,18). The molecule has 0 radical (unpaired) electrons. The minimum Gasteiger partial charge on any atom is -0.469 e. The number of amides is 2. The third-order valence-electron chi connectivity index (χ3n) is 3.59. The fourth-order valence-electron chi connectivity index (χ4n) is 2.59. The topological polar surface area (TPSA) is 103 Å². The molecule has 7 nitrogen and oxygen atoms in total. The Balaban J connectivity index is 2.10. The average molecular weight is 279 g/mol. The summed E-state index contributed by atoms with van der Waals surface area (Å²) in [4.78, 5) is 35.0. The van der Waals surface area contributed by atoms with E-state index in [0.29, 0.717) is 12.8 Å². The molecule has 108 valence electrons. The minimum absolute atomic E-state index is 0.186. The van der Waals surface area contributed by atoms with Crippen molar-refractivity contribution in [2.75, 3.05) is 12.5 Å². The molecule has 1 aromatic rings. The largest absolute Gasteiger partial charge is 0.469 e. The molecule has 1 aliphatic carbocycles. The Kier molecular flexibility index (Phi) is 4.07. The number of hydrogen-bond acceptors (Lipinski definition) is 4. The first-order chi connectivity index (χ1) is 9.54. The SMILES string of the molecule is COC(=O)C1CCCC1C(=O)Nn1cccc1C(N)=O. The number of nitrogens with one attached hydrogen (secondary N) is 1. The van der Waals surface area contributed by atoms with E-state index < -0.39 is 17.7 Å². The highest BCUT2D eigenvalue weighted by molar-refractivity contribution is 5.94. The number of nitrogens with zero attached hydrogens (tertiary/aromatic N) is 1. The highest BCUT2D eigenvalue weighted by Crippen LogP contribution is 2.32. The Morgan fingerprint density at radius 3 is 2.70 bits per heavy atom. The number of rotatable bonds is 4. The lowest BCUT2D eigenvalue weighted by Gasteiger charge is -2.18. The maximum absolute atomic E-state index is 12.2. The minimum atomic E-state index is -0.633. The van der Waals surface area contributed by atoms with Crippen LogP contribution in [-0.2, 0) is 14.3 Å². The predicted molar refractivity (Wildman–Crippen MR) is 70.2 cm³/mol. The van der Waals surface area contributed by atoms with E-state index in [1.807, 2.05) is 0 Å². The van der Waals surface area contributed by atoms with E-state index in [1.165, 1.54) is 24.0 Å². The number of hydrogen-bond donors (Lipinski definition) is 2. The first kappa shape index (κ1) is 14.1. The molecule has 1 fully saturated rings. The molecule has 0 aromatic carbocycles. The molecule has 0 spiro atoms. The highest BCUT2D eigenvalue weighted by Gasteiger charge is 2.38. The van der Waals surface area contributed by atoms with Crippen LogP contribution in [0.1, 0.15) is 29.8 Å². The van der Waals surface area contributed by atoms with Gasteiger partial charge in [0.05, 0.1) is 18.9 Å². The third kappa shape index (κ3) is 2.66. The summed E-state index contributed by atoms with van der Waals surface area (Å²) in [7, 11) is 1.31. The molecule has 1 aromatic heterocycles. The number of nitrogens with two attached hydrogens (primary N) is 1. The first-order valence-corrected chi connectivity index (χ1v) is 6.40. The van der Waals surface area contributed by atoms with Gasteiger partial charge in [0, 0.05) is 6.20 Å². The van der Waals surface area contributed by atoms with Gasteiger partial charge in [0.1, 0.15) is 5.69 Å². The molecule has 1 aliphatic rings. The lowest BCUT2D eigenvalue weighted by molar-refractivity contribution is -0.148. The molecule has 2 amide bonds. The smallest absolute Gasteiger partial charge is 0.309 e. The van der Waals surface area contributed by atoms with Crippen LogP contribution in [0.25, 0.3) is 0 Å². The summed E-state index contributed by atoms with van der Waals surface area (Å²) in [5.74, 6) is -2.17. The second kappa shape index (κ2) is 5.77. The predicted octanol–water partition coefficient (Wildman–Crippen LogP) is 0.246. The second-order valence-electron chi connectivity index (χ2n) is 4.77. The molecule has 7 heteroatoms. The van der Waals surface area contributed by atoms with Crippen LogP contribution in [0.2, 0.25) is 0 Å². The van der Waals surface area contributed by atoms with Crippen LogP contribution in [0, 0.1) is 11.8 Å². The van der Waals surface area contributed by atoms with E-state index in [9.17, 15) is 14.4 Å². The van der Waals surface area contributed by atoms with Crippen LogP contribution in [0.5, 0.6) is 0 Å². The van der Waals surface area contributed by atoms with Crippen molar-refractivity contribution in [1.29, 1.82) is 0 Å². The van der Waals surface area contributed by atoms with Crippen molar-refractivity contribution in [3.05, 3.63) is 24.0 Å². The summed E-state index contributed by atoms with van der Waals surface area (Å²) >= 11 is 0. The van der Waals surface area contributed by atoms with Gasteiger partial charge in [-0.2, -0.15) is 0 Å². The lowest BCUT2D eigenvalue weighted by atomic mass is 9.95.